The molecule has 0 aromatic heterocycles. The second-order valence-electron chi connectivity index (χ2n) is 6.25. The zero-order valence-electron chi connectivity index (χ0n) is 13.3. The Morgan fingerprint density at radius 1 is 0.913 bits per heavy atom. The van der Waals surface area contributed by atoms with Crippen LogP contribution in [0.25, 0.3) is 0 Å². The van der Waals surface area contributed by atoms with Crippen molar-refractivity contribution in [1.29, 1.82) is 0 Å². The van der Waals surface area contributed by atoms with Crippen molar-refractivity contribution in [3.63, 3.8) is 0 Å². The maximum absolute atomic E-state index is 12.3. The number of amides is 2. The van der Waals surface area contributed by atoms with Gasteiger partial charge in [0.2, 0.25) is 5.91 Å². The van der Waals surface area contributed by atoms with Gasteiger partial charge in [-0.05, 0) is 42.5 Å². The lowest BCUT2D eigenvalue weighted by atomic mass is 9.95. The maximum Gasteiger partial charge on any atom is 0.255 e. The normalized spacial score (nSPS) is 11.0. The number of hydrogen-bond donors (Lipinski definition) is 2. The van der Waals surface area contributed by atoms with E-state index in [2.05, 4.69) is 26.6 Å². The van der Waals surface area contributed by atoms with Crippen LogP contribution in [0.15, 0.2) is 53.0 Å². The van der Waals surface area contributed by atoms with Crippen molar-refractivity contribution in [2.75, 3.05) is 10.6 Å². The molecule has 0 aliphatic heterocycles. The van der Waals surface area contributed by atoms with Gasteiger partial charge in [0.25, 0.3) is 5.91 Å². The Bertz CT molecular complexity index is 719. The minimum atomic E-state index is -0.490. The zero-order chi connectivity index (χ0) is 17.0. The van der Waals surface area contributed by atoms with Crippen LogP contribution < -0.4 is 10.6 Å². The largest absolute Gasteiger partial charge is 0.326 e. The fraction of sp³-hybridized carbons (Fsp3) is 0.222. The molecule has 2 rings (SSSR count). The molecule has 0 bridgehead atoms. The molecular formula is C18H19BrN2O2. The van der Waals surface area contributed by atoms with Crippen LogP contribution in [-0.2, 0) is 4.79 Å². The van der Waals surface area contributed by atoms with E-state index in [0.29, 0.717) is 16.9 Å². The monoisotopic (exact) mass is 374 g/mol. The second-order valence-corrected chi connectivity index (χ2v) is 7.16. The summed E-state index contributed by atoms with van der Waals surface area (Å²) in [4.78, 5) is 24.3. The van der Waals surface area contributed by atoms with Crippen LogP contribution in [0, 0.1) is 5.41 Å². The molecule has 0 aliphatic rings. The predicted molar refractivity (Wildman–Crippen MR) is 96.6 cm³/mol. The van der Waals surface area contributed by atoms with E-state index in [-0.39, 0.29) is 11.8 Å². The molecule has 4 nitrogen and oxygen atoms in total. The summed E-state index contributed by atoms with van der Waals surface area (Å²) in [6.45, 7) is 5.52. The third-order valence-corrected chi connectivity index (χ3v) is 3.69. The van der Waals surface area contributed by atoms with Crippen molar-refractivity contribution in [1.82, 2.24) is 0 Å². The van der Waals surface area contributed by atoms with E-state index >= 15 is 0 Å². The van der Waals surface area contributed by atoms with Crippen molar-refractivity contribution in [3.05, 3.63) is 58.6 Å². The van der Waals surface area contributed by atoms with Crippen molar-refractivity contribution in [3.8, 4) is 0 Å². The van der Waals surface area contributed by atoms with Gasteiger partial charge in [0.1, 0.15) is 0 Å². The minimum absolute atomic E-state index is 0.0945. The Morgan fingerprint density at radius 2 is 1.57 bits per heavy atom. The Kier molecular flexibility index (Phi) is 5.21. The fourth-order valence-corrected chi connectivity index (χ4v) is 2.06. The Balaban J connectivity index is 2.11. The van der Waals surface area contributed by atoms with Crippen LogP contribution in [-0.4, -0.2) is 11.8 Å². The van der Waals surface area contributed by atoms with Crippen molar-refractivity contribution in [2.24, 2.45) is 5.41 Å². The quantitative estimate of drug-likeness (QED) is 0.818. The summed E-state index contributed by atoms with van der Waals surface area (Å²) < 4.78 is 0.947. The lowest BCUT2D eigenvalue weighted by Crippen LogP contribution is -2.27. The van der Waals surface area contributed by atoms with Gasteiger partial charge in [-0.1, -0.05) is 42.8 Å². The molecule has 120 valence electrons. The molecule has 0 spiro atoms. The highest BCUT2D eigenvalue weighted by atomic mass is 79.9. The third-order valence-electron chi connectivity index (χ3n) is 3.17. The number of anilines is 2. The summed E-state index contributed by atoms with van der Waals surface area (Å²) in [5, 5.41) is 5.65. The van der Waals surface area contributed by atoms with Gasteiger partial charge in [-0.15, -0.1) is 0 Å². The summed E-state index contributed by atoms with van der Waals surface area (Å²) in [6, 6.07) is 14.2. The smallest absolute Gasteiger partial charge is 0.255 e. The lowest BCUT2D eigenvalue weighted by molar-refractivity contribution is -0.123. The third kappa shape index (κ3) is 4.93. The molecule has 2 aromatic carbocycles. The van der Waals surface area contributed by atoms with Crippen molar-refractivity contribution >= 4 is 39.1 Å². The first kappa shape index (κ1) is 17.2. The molecule has 0 saturated heterocycles. The summed E-state index contributed by atoms with van der Waals surface area (Å²) >= 11 is 3.35. The first-order valence-corrected chi connectivity index (χ1v) is 8.03. The summed E-state index contributed by atoms with van der Waals surface area (Å²) in [7, 11) is 0. The Hall–Kier alpha value is -2.14. The Morgan fingerprint density at radius 3 is 2.17 bits per heavy atom. The molecule has 0 unspecified atom stereocenters. The molecule has 0 saturated carbocycles. The average Bonchev–Trinajstić information content (AvgIpc) is 2.49. The van der Waals surface area contributed by atoms with Crippen LogP contribution in [0.5, 0.6) is 0 Å². The predicted octanol–water partition coefficient (Wildman–Crippen LogP) is 4.69. The van der Waals surface area contributed by atoms with Gasteiger partial charge in [0, 0.05) is 26.8 Å². The molecule has 0 aliphatic carbocycles. The van der Waals surface area contributed by atoms with Crippen LogP contribution in [0.2, 0.25) is 0 Å². The highest BCUT2D eigenvalue weighted by Crippen LogP contribution is 2.19. The van der Waals surface area contributed by atoms with Gasteiger partial charge in [0.15, 0.2) is 0 Å². The van der Waals surface area contributed by atoms with Crippen molar-refractivity contribution in [2.45, 2.75) is 20.8 Å². The maximum atomic E-state index is 12.3. The van der Waals surface area contributed by atoms with E-state index in [1.165, 1.54) is 0 Å². The zero-order valence-corrected chi connectivity index (χ0v) is 14.9. The van der Waals surface area contributed by atoms with Gasteiger partial charge in [-0.3, -0.25) is 9.59 Å². The number of halogens is 1. The van der Waals surface area contributed by atoms with Crippen LogP contribution in [0.4, 0.5) is 11.4 Å². The standard InChI is InChI=1S/C18H19BrN2O2/c1-18(2,3)17(23)21-15-6-4-5-12(11-15)16(22)20-14-9-7-13(19)8-10-14/h4-11H,1-3H3,(H,20,22)(H,21,23). The van der Waals surface area contributed by atoms with E-state index < -0.39 is 5.41 Å². The average molecular weight is 375 g/mol. The number of hydrogen-bond acceptors (Lipinski definition) is 2. The highest BCUT2D eigenvalue weighted by molar-refractivity contribution is 9.10. The van der Waals surface area contributed by atoms with Gasteiger partial charge < -0.3 is 10.6 Å². The molecular weight excluding hydrogens is 356 g/mol. The van der Waals surface area contributed by atoms with Crippen LogP contribution >= 0.6 is 15.9 Å². The first-order chi connectivity index (χ1) is 10.8. The van der Waals surface area contributed by atoms with Crippen molar-refractivity contribution < 1.29 is 9.59 Å². The molecule has 0 heterocycles. The number of rotatable bonds is 3. The van der Waals surface area contributed by atoms with Gasteiger partial charge in [-0.2, -0.15) is 0 Å². The van der Waals surface area contributed by atoms with Gasteiger partial charge >= 0.3 is 0 Å². The molecule has 5 heteroatoms. The van der Waals surface area contributed by atoms with Gasteiger partial charge in [0.05, 0.1) is 0 Å². The molecule has 0 atom stereocenters. The highest BCUT2D eigenvalue weighted by Gasteiger charge is 2.21. The second kappa shape index (κ2) is 6.96. The lowest BCUT2D eigenvalue weighted by Gasteiger charge is -2.18. The van der Waals surface area contributed by atoms with Crippen LogP contribution in [0.3, 0.4) is 0 Å². The Labute approximate surface area is 144 Å². The summed E-state index contributed by atoms with van der Waals surface area (Å²) in [6.07, 6.45) is 0. The molecule has 0 radical (unpaired) electrons. The SMILES string of the molecule is CC(C)(C)C(=O)Nc1cccc(C(=O)Nc2ccc(Br)cc2)c1. The van der Waals surface area contributed by atoms with E-state index in [1.54, 1.807) is 24.3 Å². The number of carbonyl (C=O) groups is 2. The van der Waals surface area contributed by atoms with Gasteiger partial charge in [-0.25, -0.2) is 0 Å². The van der Waals surface area contributed by atoms with E-state index in [1.807, 2.05) is 45.0 Å². The minimum Gasteiger partial charge on any atom is -0.326 e. The topological polar surface area (TPSA) is 58.2 Å². The van der Waals surface area contributed by atoms with Crippen LogP contribution in [0.1, 0.15) is 31.1 Å². The molecule has 2 amide bonds. The number of nitrogens with one attached hydrogen (secondary N) is 2. The fourth-order valence-electron chi connectivity index (χ4n) is 1.79. The summed E-state index contributed by atoms with van der Waals surface area (Å²) in [5.41, 5.74) is 1.31. The number of benzene rings is 2. The van der Waals surface area contributed by atoms with E-state index in [0.717, 1.165) is 4.47 Å². The molecule has 2 N–H and O–H groups in total. The van der Waals surface area contributed by atoms with E-state index in [4.69, 9.17) is 0 Å². The molecule has 0 fully saturated rings. The van der Waals surface area contributed by atoms with E-state index in [9.17, 15) is 9.59 Å². The molecule has 2 aromatic rings. The number of carbonyl (C=O) groups excluding carboxylic acids is 2. The summed E-state index contributed by atoms with van der Waals surface area (Å²) in [5.74, 6) is -0.317. The first-order valence-electron chi connectivity index (χ1n) is 7.24. The molecule has 23 heavy (non-hydrogen) atoms.